The van der Waals surface area contributed by atoms with Gasteiger partial charge in [0, 0.05) is 42.9 Å². The topological polar surface area (TPSA) is 167 Å². The molecule has 1 aliphatic rings. The van der Waals surface area contributed by atoms with Crippen LogP contribution in [0.25, 0.3) is 22.0 Å². The van der Waals surface area contributed by atoms with Crippen LogP contribution >= 0.6 is 11.3 Å². The number of carboxylic acids is 1. The van der Waals surface area contributed by atoms with Crippen LogP contribution in [0.3, 0.4) is 0 Å². The fourth-order valence-corrected chi connectivity index (χ4v) is 7.00. The molecule has 0 spiro atoms. The first-order chi connectivity index (χ1) is 24.0. The molecule has 17 heteroatoms. The van der Waals surface area contributed by atoms with Crippen LogP contribution in [-0.4, -0.2) is 82.9 Å². The average Bonchev–Trinajstić information content (AvgIpc) is 3.83. The van der Waals surface area contributed by atoms with Crippen LogP contribution in [0.2, 0.25) is 0 Å². The van der Waals surface area contributed by atoms with Crippen LogP contribution in [0.15, 0.2) is 36.1 Å². The van der Waals surface area contributed by atoms with E-state index in [9.17, 15) is 28.3 Å². The van der Waals surface area contributed by atoms with Crippen LogP contribution in [-0.2, 0) is 19.9 Å². The second-order valence-corrected chi connectivity index (χ2v) is 14.5. The van der Waals surface area contributed by atoms with E-state index in [0.29, 0.717) is 17.2 Å². The third-order valence-electron chi connectivity index (χ3n) is 8.65. The summed E-state index contributed by atoms with van der Waals surface area (Å²) < 4.78 is 43.1. The molecule has 5 rings (SSSR count). The van der Waals surface area contributed by atoms with Gasteiger partial charge in [-0.2, -0.15) is 14.6 Å². The van der Waals surface area contributed by atoms with Gasteiger partial charge in [0.05, 0.1) is 24.0 Å². The maximum atomic E-state index is 14.9. The number of hydrogen-bond donors (Lipinski definition) is 2. The summed E-state index contributed by atoms with van der Waals surface area (Å²) in [7, 11) is 1.34. The van der Waals surface area contributed by atoms with E-state index in [1.807, 2.05) is 6.92 Å². The van der Waals surface area contributed by atoms with Gasteiger partial charge in [-0.3, -0.25) is 14.4 Å². The lowest BCUT2D eigenvalue weighted by molar-refractivity contribution is -0.164. The van der Waals surface area contributed by atoms with Crippen LogP contribution in [0.1, 0.15) is 83.8 Å². The molecule has 0 aromatic carbocycles. The number of carbonyl (C=O) groups is 3. The lowest BCUT2D eigenvalue weighted by Gasteiger charge is -2.41. The highest BCUT2D eigenvalue weighted by atomic mass is 32.1. The number of thiazole rings is 1. The molecule has 2 amide bonds. The van der Waals surface area contributed by atoms with Crippen molar-refractivity contribution < 1.29 is 37.7 Å². The van der Waals surface area contributed by atoms with Crippen LogP contribution in [0, 0.1) is 17.7 Å². The van der Waals surface area contributed by atoms with Gasteiger partial charge in [0.25, 0.3) is 5.91 Å². The van der Waals surface area contributed by atoms with Crippen molar-refractivity contribution in [2.24, 2.45) is 5.92 Å². The number of pyridine rings is 1. The lowest BCUT2D eigenvalue weighted by atomic mass is 9.93. The molecule has 4 aromatic rings. The Kier molecular flexibility index (Phi) is 10.9. The molecule has 4 aromatic heterocycles. The molecule has 0 radical (unpaired) electrons. The first-order valence-corrected chi connectivity index (χ1v) is 17.5. The van der Waals surface area contributed by atoms with Crippen molar-refractivity contribution >= 4 is 35.0 Å². The van der Waals surface area contributed by atoms with E-state index < -0.39 is 46.9 Å². The number of amides is 2. The molecular formula is C34H42F2N8O6S. The second-order valence-electron chi connectivity index (χ2n) is 13.6. The highest BCUT2D eigenvalue weighted by Gasteiger charge is 2.52. The number of rotatable bonds is 11. The Morgan fingerprint density at radius 1 is 1.10 bits per heavy atom. The molecule has 0 unspecified atom stereocenters. The van der Waals surface area contributed by atoms with E-state index in [4.69, 9.17) is 9.47 Å². The molecule has 51 heavy (non-hydrogen) atoms. The number of carboxylic acid groups (broad SMARTS) is 1. The zero-order valence-corrected chi connectivity index (χ0v) is 30.3. The smallest absolute Gasteiger partial charge is 0.412 e. The third kappa shape index (κ3) is 7.78. The van der Waals surface area contributed by atoms with E-state index in [2.05, 4.69) is 25.5 Å². The summed E-state index contributed by atoms with van der Waals surface area (Å²) in [5, 5.41) is 23.9. The summed E-state index contributed by atoms with van der Waals surface area (Å²) in [5.41, 5.74) is -2.68. The molecule has 1 fully saturated rings. The summed E-state index contributed by atoms with van der Waals surface area (Å²) in [4.78, 5) is 48.7. The maximum Gasteiger partial charge on any atom is 0.412 e. The van der Waals surface area contributed by atoms with Crippen molar-refractivity contribution in [3.8, 4) is 22.0 Å². The van der Waals surface area contributed by atoms with Crippen molar-refractivity contribution in [1.29, 1.82) is 0 Å². The number of aliphatic carboxylic acids is 1. The quantitative estimate of drug-likeness (QED) is 0.161. The van der Waals surface area contributed by atoms with Gasteiger partial charge in [0.15, 0.2) is 5.82 Å². The number of anilines is 1. The summed E-state index contributed by atoms with van der Waals surface area (Å²) in [6, 6.07) is 1.80. The number of hydrogen-bond acceptors (Lipinski definition) is 10. The average molecular weight is 729 g/mol. The summed E-state index contributed by atoms with van der Waals surface area (Å²) >= 11 is 1.11. The standard InChI is InChI=1S/C34H42F2N8O6S/c1-8-49-22-11-9-21(10-12-22)43-17-24(28(41-43)27-23(35)13-14-26(36)40-27)38-29(45)25-18-51-30(39-25)20-15-37-44(16-20)34(19(2)3,31(46)47)42(7)32(48)50-33(4,5)6/h13-19,21-22H,8-12H2,1-7H3,(H,38,45)(H,46,47)/t21-,22-,34-/m1/s1. The number of nitrogens with one attached hydrogen (secondary N) is 1. The van der Waals surface area contributed by atoms with Crippen LogP contribution in [0.5, 0.6) is 0 Å². The number of nitrogens with zero attached hydrogens (tertiary/aromatic N) is 7. The predicted octanol–water partition coefficient (Wildman–Crippen LogP) is 6.58. The normalized spacial score (nSPS) is 17.6. The van der Waals surface area contributed by atoms with Gasteiger partial charge in [-0.05, 0) is 65.5 Å². The van der Waals surface area contributed by atoms with Gasteiger partial charge in [0.1, 0.15) is 27.7 Å². The summed E-state index contributed by atoms with van der Waals surface area (Å²) in [5.74, 6) is -4.34. The van der Waals surface area contributed by atoms with Gasteiger partial charge in [0.2, 0.25) is 11.6 Å². The molecule has 274 valence electrons. The molecule has 14 nitrogen and oxygen atoms in total. The van der Waals surface area contributed by atoms with Crippen molar-refractivity contribution in [3.05, 3.63) is 53.6 Å². The van der Waals surface area contributed by atoms with Gasteiger partial charge in [-0.25, -0.2) is 28.6 Å². The van der Waals surface area contributed by atoms with Crippen molar-refractivity contribution in [3.63, 3.8) is 0 Å². The zero-order valence-electron chi connectivity index (χ0n) is 29.5. The number of carbonyl (C=O) groups excluding carboxylic acids is 2. The summed E-state index contributed by atoms with van der Waals surface area (Å²) in [6.07, 6.45) is 6.82. The number of likely N-dealkylation sites (N-methyl/N-ethyl adjacent to an activating group) is 1. The first kappa shape index (κ1) is 37.5. The Morgan fingerprint density at radius 3 is 2.43 bits per heavy atom. The van der Waals surface area contributed by atoms with Gasteiger partial charge < -0.3 is 19.9 Å². The van der Waals surface area contributed by atoms with Crippen molar-refractivity contribution in [1.82, 2.24) is 34.4 Å². The summed E-state index contributed by atoms with van der Waals surface area (Å²) in [6.45, 7) is 10.9. The molecule has 4 heterocycles. The largest absolute Gasteiger partial charge is 0.478 e. The number of aromatic nitrogens is 6. The Bertz CT molecular complexity index is 1890. The highest BCUT2D eigenvalue weighted by molar-refractivity contribution is 7.13. The molecule has 0 aliphatic heterocycles. The van der Waals surface area contributed by atoms with Crippen molar-refractivity contribution in [2.75, 3.05) is 19.0 Å². The monoisotopic (exact) mass is 728 g/mol. The minimum absolute atomic E-state index is 0.00516. The predicted molar refractivity (Wildman–Crippen MR) is 184 cm³/mol. The molecule has 1 aliphatic carbocycles. The number of ether oxygens (including phenoxy) is 2. The van der Waals surface area contributed by atoms with E-state index in [1.165, 1.54) is 29.5 Å². The lowest BCUT2D eigenvalue weighted by Crippen LogP contribution is -2.61. The van der Waals surface area contributed by atoms with Crippen molar-refractivity contribution in [2.45, 2.75) is 90.6 Å². The fourth-order valence-electron chi connectivity index (χ4n) is 6.22. The molecule has 2 N–H and O–H groups in total. The van der Waals surface area contributed by atoms with Crippen LogP contribution < -0.4 is 5.32 Å². The number of halogens is 2. The van der Waals surface area contributed by atoms with E-state index in [0.717, 1.165) is 54.1 Å². The fraction of sp³-hybridized carbons (Fsp3) is 0.500. The Morgan fingerprint density at radius 2 is 1.80 bits per heavy atom. The zero-order chi connectivity index (χ0) is 37.2. The van der Waals surface area contributed by atoms with E-state index in [1.54, 1.807) is 45.5 Å². The molecule has 1 saturated carbocycles. The van der Waals surface area contributed by atoms with Gasteiger partial charge >= 0.3 is 12.1 Å². The Balaban J connectivity index is 1.42. The van der Waals surface area contributed by atoms with Crippen LogP contribution in [0.4, 0.5) is 19.3 Å². The molecule has 1 atom stereocenters. The Hall–Kier alpha value is -4.77. The van der Waals surface area contributed by atoms with Gasteiger partial charge in [-0.1, -0.05) is 13.8 Å². The highest BCUT2D eigenvalue weighted by Crippen LogP contribution is 2.36. The Labute approximate surface area is 297 Å². The minimum Gasteiger partial charge on any atom is -0.478 e. The van der Waals surface area contributed by atoms with Gasteiger partial charge in [-0.15, -0.1) is 11.3 Å². The maximum absolute atomic E-state index is 14.9. The second kappa shape index (κ2) is 14.8. The molecule has 0 saturated heterocycles. The minimum atomic E-state index is -1.96. The third-order valence-corrected chi connectivity index (χ3v) is 9.54. The van der Waals surface area contributed by atoms with E-state index in [-0.39, 0.29) is 34.9 Å². The first-order valence-electron chi connectivity index (χ1n) is 16.6. The SMILES string of the molecule is CCO[C@H]1CC[C@H](n2cc(NC(=O)c3csc(-c4cnn([C@@](C(=O)O)(C(C)C)N(C)C(=O)OC(C)(C)C)c4)n3)c(-c3nc(F)ccc3F)n2)CC1. The van der Waals surface area contributed by atoms with E-state index >= 15 is 0 Å². The molecular weight excluding hydrogens is 686 g/mol. The molecule has 0 bridgehead atoms.